The van der Waals surface area contributed by atoms with Crippen LogP contribution in [-0.2, 0) is 6.54 Å². The number of hydrogen-bond acceptors (Lipinski definition) is 4. The molecule has 1 aromatic heterocycles. The molecule has 0 aliphatic carbocycles. The molecular formula is C18H16ClN3OS. The third-order valence-corrected chi connectivity index (χ3v) is 4.39. The van der Waals surface area contributed by atoms with Crippen LogP contribution in [0.3, 0.4) is 0 Å². The summed E-state index contributed by atoms with van der Waals surface area (Å²) < 4.78 is 1.78. The van der Waals surface area contributed by atoms with Crippen LogP contribution < -0.4 is 0 Å². The predicted octanol–water partition coefficient (Wildman–Crippen LogP) is 4.76. The van der Waals surface area contributed by atoms with Crippen LogP contribution in [0.15, 0.2) is 64.7 Å². The molecule has 0 aliphatic rings. The van der Waals surface area contributed by atoms with E-state index >= 15 is 0 Å². The molecule has 0 fully saturated rings. The number of aromatic nitrogens is 2. The van der Waals surface area contributed by atoms with Gasteiger partial charge in [-0.15, -0.1) is 0 Å². The van der Waals surface area contributed by atoms with Crippen molar-refractivity contribution in [2.45, 2.75) is 11.7 Å². The fraction of sp³-hybridized carbons (Fsp3) is 0.111. The summed E-state index contributed by atoms with van der Waals surface area (Å²) in [5.41, 5.74) is 2.30. The number of aromatic hydroxyl groups is 1. The van der Waals surface area contributed by atoms with E-state index in [1.807, 2.05) is 48.7 Å². The maximum Gasteiger partial charge on any atom is 0.221 e. The Labute approximate surface area is 149 Å². The number of hydrogen-bond donors (Lipinski definition) is 1. The van der Waals surface area contributed by atoms with Gasteiger partial charge in [0, 0.05) is 5.02 Å². The molecule has 3 aromatic rings. The average molecular weight is 358 g/mol. The summed E-state index contributed by atoms with van der Waals surface area (Å²) in [5.74, 6) is 0.112. The third kappa shape index (κ3) is 3.80. The molecule has 0 saturated heterocycles. The van der Waals surface area contributed by atoms with Crippen molar-refractivity contribution >= 4 is 35.3 Å². The molecular weight excluding hydrogens is 342 g/mol. The van der Waals surface area contributed by atoms with E-state index < -0.39 is 0 Å². The molecule has 0 aliphatic heterocycles. The summed E-state index contributed by atoms with van der Waals surface area (Å²) in [7, 11) is 0. The highest BCUT2D eigenvalue weighted by Crippen LogP contribution is 2.26. The summed E-state index contributed by atoms with van der Waals surface area (Å²) in [6.07, 6.45) is 3.50. The molecule has 0 unspecified atom stereocenters. The summed E-state index contributed by atoms with van der Waals surface area (Å²) in [6, 6.07) is 17.1. The van der Waals surface area contributed by atoms with Gasteiger partial charge in [-0.1, -0.05) is 53.7 Å². The fourth-order valence-electron chi connectivity index (χ4n) is 2.26. The van der Waals surface area contributed by atoms with E-state index in [0.29, 0.717) is 17.3 Å². The Kier molecular flexibility index (Phi) is 5.23. The smallest absolute Gasteiger partial charge is 0.221 e. The van der Waals surface area contributed by atoms with Crippen molar-refractivity contribution in [3.8, 4) is 5.88 Å². The summed E-state index contributed by atoms with van der Waals surface area (Å²) in [5, 5.41) is 11.9. The lowest BCUT2D eigenvalue weighted by Gasteiger charge is -2.07. The topological polar surface area (TPSA) is 50.4 Å². The van der Waals surface area contributed by atoms with Crippen LogP contribution in [0.25, 0.3) is 0 Å². The van der Waals surface area contributed by atoms with Crippen molar-refractivity contribution < 1.29 is 5.11 Å². The van der Waals surface area contributed by atoms with Crippen LogP contribution in [0, 0.1) is 0 Å². The number of thioether (sulfide) groups is 1. The molecule has 4 nitrogen and oxygen atoms in total. The SMILES string of the molecule is CSc1nc(C=Nc2ccc(Cl)cc2)c(O)n1Cc1ccccc1. The first kappa shape index (κ1) is 16.6. The summed E-state index contributed by atoms with van der Waals surface area (Å²) in [4.78, 5) is 8.80. The lowest BCUT2D eigenvalue weighted by atomic mass is 10.2. The Morgan fingerprint density at radius 2 is 1.88 bits per heavy atom. The standard InChI is InChI=1S/C18H16ClN3OS/c1-24-18-21-16(11-20-15-9-7-14(19)8-10-15)17(23)22(18)12-13-5-3-2-4-6-13/h2-11,23H,12H2,1H3. The van der Waals surface area contributed by atoms with Crippen molar-refractivity contribution in [3.63, 3.8) is 0 Å². The highest BCUT2D eigenvalue weighted by atomic mass is 35.5. The van der Waals surface area contributed by atoms with E-state index in [-0.39, 0.29) is 5.88 Å². The Morgan fingerprint density at radius 3 is 2.54 bits per heavy atom. The largest absolute Gasteiger partial charge is 0.493 e. The minimum Gasteiger partial charge on any atom is -0.493 e. The quantitative estimate of drug-likeness (QED) is 0.529. The van der Waals surface area contributed by atoms with Crippen molar-refractivity contribution in [2.75, 3.05) is 6.26 Å². The molecule has 6 heteroatoms. The van der Waals surface area contributed by atoms with Gasteiger partial charge in [0.15, 0.2) is 5.16 Å². The van der Waals surface area contributed by atoms with E-state index in [4.69, 9.17) is 11.6 Å². The lowest BCUT2D eigenvalue weighted by molar-refractivity contribution is 0.415. The van der Waals surface area contributed by atoms with Gasteiger partial charge >= 0.3 is 0 Å². The Morgan fingerprint density at radius 1 is 1.17 bits per heavy atom. The summed E-state index contributed by atoms with van der Waals surface area (Å²) >= 11 is 7.35. The second kappa shape index (κ2) is 7.55. The Bertz CT molecular complexity index is 845. The lowest BCUT2D eigenvalue weighted by Crippen LogP contribution is -2.00. The molecule has 0 spiro atoms. The van der Waals surface area contributed by atoms with Gasteiger partial charge in [0.1, 0.15) is 5.69 Å². The minimum absolute atomic E-state index is 0.112. The van der Waals surface area contributed by atoms with Crippen LogP contribution in [0.4, 0.5) is 5.69 Å². The average Bonchev–Trinajstić information content (AvgIpc) is 2.91. The molecule has 24 heavy (non-hydrogen) atoms. The molecule has 0 bridgehead atoms. The molecule has 122 valence electrons. The van der Waals surface area contributed by atoms with E-state index in [0.717, 1.165) is 16.4 Å². The van der Waals surface area contributed by atoms with Crippen molar-refractivity contribution in [1.82, 2.24) is 9.55 Å². The maximum atomic E-state index is 10.5. The third-order valence-electron chi connectivity index (χ3n) is 3.46. The van der Waals surface area contributed by atoms with Crippen LogP contribution >= 0.6 is 23.4 Å². The number of imidazole rings is 1. The summed E-state index contributed by atoms with van der Waals surface area (Å²) in [6.45, 7) is 0.560. The van der Waals surface area contributed by atoms with Gasteiger partial charge in [-0.3, -0.25) is 9.56 Å². The second-order valence-corrected chi connectivity index (χ2v) is 6.32. The monoisotopic (exact) mass is 357 g/mol. The Balaban J connectivity index is 1.88. The van der Waals surface area contributed by atoms with Crippen molar-refractivity contribution in [1.29, 1.82) is 0 Å². The van der Waals surface area contributed by atoms with E-state index in [9.17, 15) is 5.11 Å². The van der Waals surface area contributed by atoms with Crippen LogP contribution in [0.1, 0.15) is 11.3 Å². The van der Waals surface area contributed by atoms with Gasteiger partial charge in [0.25, 0.3) is 0 Å². The van der Waals surface area contributed by atoms with E-state index in [1.54, 1.807) is 22.9 Å². The highest BCUT2D eigenvalue weighted by molar-refractivity contribution is 7.98. The zero-order valence-electron chi connectivity index (χ0n) is 13.1. The van der Waals surface area contributed by atoms with Crippen molar-refractivity contribution in [3.05, 3.63) is 70.9 Å². The molecule has 3 rings (SSSR count). The number of benzene rings is 2. The van der Waals surface area contributed by atoms with Crippen LogP contribution in [0.2, 0.25) is 5.02 Å². The predicted molar refractivity (Wildman–Crippen MR) is 99.9 cm³/mol. The van der Waals surface area contributed by atoms with E-state index in [1.165, 1.54) is 11.8 Å². The minimum atomic E-state index is 0.112. The fourth-order valence-corrected chi connectivity index (χ4v) is 2.94. The van der Waals surface area contributed by atoms with Crippen LogP contribution in [-0.4, -0.2) is 27.1 Å². The molecule has 0 atom stereocenters. The van der Waals surface area contributed by atoms with Gasteiger partial charge < -0.3 is 5.11 Å². The molecule has 0 amide bonds. The molecule has 2 aromatic carbocycles. The first-order valence-corrected chi connectivity index (χ1v) is 8.94. The van der Waals surface area contributed by atoms with E-state index in [2.05, 4.69) is 9.98 Å². The highest BCUT2D eigenvalue weighted by Gasteiger charge is 2.14. The zero-order chi connectivity index (χ0) is 16.9. The number of nitrogens with zero attached hydrogens (tertiary/aromatic N) is 3. The molecule has 0 radical (unpaired) electrons. The zero-order valence-corrected chi connectivity index (χ0v) is 14.6. The van der Waals surface area contributed by atoms with Gasteiger partial charge in [-0.2, -0.15) is 0 Å². The van der Waals surface area contributed by atoms with Gasteiger partial charge in [0.2, 0.25) is 5.88 Å². The second-order valence-electron chi connectivity index (χ2n) is 5.11. The normalized spacial score (nSPS) is 11.2. The van der Waals surface area contributed by atoms with Crippen molar-refractivity contribution in [2.24, 2.45) is 4.99 Å². The number of aliphatic imine (C=N–C) groups is 1. The van der Waals surface area contributed by atoms with Gasteiger partial charge in [-0.05, 0) is 36.1 Å². The number of rotatable bonds is 5. The maximum absolute atomic E-state index is 10.5. The first-order chi connectivity index (χ1) is 11.7. The van der Waals surface area contributed by atoms with Gasteiger partial charge in [-0.25, -0.2) is 4.98 Å². The van der Waals surface area contributed by atoms with Gasteiger partial charge in [0.05, 0.1) is 18.4 Å². The first-order valence-electron chi connectivity index (χ1n) is 7.34. The molecule has 0 saturated carbocycles. The molecule has 1 heterocycles. The number of halogens is 1. The Hall–Kier alpha value is -2.24. The van der Waals surface area contributed by atoms with Crippen LogP contribution in [0.5, 0.6) is 5.88 Å². The molecule has 1 N–H and O–H groups in total.